The van der Waals surface area contributed by atoms with E-state index in [1.807, 2.05) is 13.8 Å². The molecular weight excluding hydrogens is 232 g/mol. The molecule has 17 heavy (non-hydrogen) atoms. The zero-order chi connectivity index (χ0) is 12.8. The molecule has 0 fully saturated rings. The van der Waals surface area contributed by atoms with Crippen LogP contribution in [-0.4, -0.2) is 11.9 Å². The van der Waals surface area contributed by atoms with Gasteiger partial charge < -0.3 is 11.1 Å². The van der Waals surface area contributed by atoms with Crippen LogP contribution in [0.3, 0.4) is 0 Å². The Hall–Kier alpha value is -0.870. The second-order valence-electron chi connectivity index (χ2n) is 4.35. The smallest absolute Gasteiger partial charge is 0.237 e. The van der Waals surface area contributed by atoms with E-state index in [9.17, 15) is 4.79 Å². The van der Waals surface area contributed by atoms with Gasteiger partial charge in [0.2, 0.25) is 5.91 Å². The van der Waals surface area contributed by atoms with Crippen molar-refractivity contribution in [3.63, 3.8) is 0 Å². The first-order chi connectivity index (χ1) is 8.10. The number of hydrogen-bond donors (Lipinski definition) is 2. The second-order valence-corrected chi connectivity index (χ2v) is 5.35. The third-order valence-electron chi connectivity index (χ3n) is 3.20. The van der Waals surface area contributed by atoms with Crippen molar-refractivity contribution < 1.29 is 4.79 Å². The molecular formula is C13H22N2OS. The highest BCUT2D eigenvalue weighted by molar-refractivity contribution is 7.10. The molecule has 1 amide bonds. The first-order valence-electron chi connectivity index (χ1n) is 6.18. The van der Waals surface area contributed by atoms with Crippen LogP contribution in [0.25, 0.3) is 0 Å². The molecule has 0 aliphatic heterocycles. The summed E-state index contributed by atoms with van der Waals surface area (Å²) in [7, 11) is 0. The number of rotatable bonds is 6. The minimum Gasteiger partial charge on any atom is -0.350 e. The van der Waals surface area contributed by atoms with E-state index >= 15 is 0 Å². The molecule has 1 heterocycles. The molecule has 1 aromatic heterocycles. The van der Waals surface area contributed by atoms with Gasteiger partial charge in [-0.05, 0) is 29.3 Å². The average Bonchev–Trinajstić information content (AvgIpc) is 2.81. The van der Waals surface area contributed by atoms with E-state index in [0.717, 1.165) is 12.8 Å². The molecule has 0 spiro atoms. The number of nitrogens with one attached hydrogen (secondary N) is 1. The van der Waals surface area contributed by atoms with Gasteiger partial charge in [-0.25, -0.2) is 0 Å². The van der Waals surface area contributed by atoms with Gasteiger partial charge in [-0.2, -0.15) is 0 Å². The first kappa shape index (κ1) is 14.2. The maximum absolute atomic E-state index is 11.8. The Morgan fingerprint density at radius 2 is 2.24 bits per heavy atom. The lowest BCUT2D eigenvalue weighted by atomic mass is 9.99. The highest BCUT2D eigenvalue weighted by Gasteiger charge is 2.19. The van der Waals surface area contributed by atoms with Crippen molar-refractivity contribution in [2.24, 2.45) is 11.7 Å². The fourth-order valence-electron chi connectivity index (χ4n) is 1.63. The molecule has 3 nitrogen and oxygen atoms in total. The Morgan fingerprint density at radius 1 is 1.53 bits per heavy atom. The number of carbonyl (C=O) groups excluding carboxylic acids is 1. The van der Waals surface area contributed by atoms with Gasteiger partial charge >= 0.3 is 0 Å². The van der Waals surface area contributed by atoms with Crippen LogP contribution in [0.5, 0.6) is 0 Å². The van der Waals surface area contributed by atoms with Gasteiger partial charge in [-0.3, -0.25) is 4.79 Å². The Kier molecular flexibility index (Phi) is 5.65. The maximum Gasteiger partial charge on any atom is 0.237 e. The number of amides is 1. The summed E-state index contributed by atoms with van der Waals surface area (Å²) in [5.41, 5.74) is 7.19. The number of hydrogen-bond acceptors (Lipinski definition) is 3. The number of carbonyl (C=O) groups is 1. The minimum absolute atomic E-state index is 0.0465. The average molecular weight is 254 g/mol. The summed E-state index contributed by atoms with van der Waals surface area (Å²) < 4.78 is 0. The van der Waals surface area contributed by atoms with E-state index in [4.69, 9.17) is 5.73 Å². The number of thiophene rings is 1. The molecule has 0 saturated heterocycles. The van der Waals surface area contributed by atoms with Crippen molar-refractivity contribution in [2.45, 2.75) is 46.2 Å². The van der Waals surface area contributed by atoms with Crippen molar-refractivity contribution in [2.75, 3.05) is 0 Å². The van der Waals surface area contributed by atoms with Gasteiger partial charge in [0.05, 0.1) is 12.6 Å². The van der Waals surface area contributed by atoms with Gasteiger partial charge in [0.1, 0.15) is 0 Å². The van der Waals surface area contributed by atoms with Crippen molar-refractivity contribution in [1.82, 2.24) is 5.32 Å². The summed E-state index contributed by atoms with van der Waals surface area (Å²) in [4.78, 5) is 13.0. The Labute approximate surface area is 107 Å². The van der Waals surface area contributed by atoms with E-state index in [1.54, 1.807) is 11.3 Å². The van der Waals surface area contributed by atoms with Crippen molar-refractivity contribution in [3.8, 4) is 0 Å². The number of aryl methyl sites for hydroxylation is 1. The lowest BCUT2D eigenvalue weighted by Crippen LogP contribution is -2.44. The molecule has 3 N–H and O–H groups in total. The van der Waals surface area contributed by atoms with Crippen LogP contribution in [0.2, 0.25) is 0 Å². The number of nitrogens with two attached hydrogens (primary N) is 1. The van der Waals surface area contributed by atoms with E-state index in [1.165, 1.54) is 10.4 Å². The summed E-state index contributed by atoms with van der Waals surface area (Å²) >= 11 is 1.69. The van der Waals surface area contributed by atoms with Gasteiger partial charge in [-0.15, -0.1) is 11.3 Å². The van der Waals surface area contributed by atoms with E-state index in [2.05, 4.69) is 23.7 Å². The van der Waals surface area contributed by atoms with Crippen LogP contribution >= 0.6 is 11.3 Å². The summed E-state index contributed by atoms with van der Waals surface area (Å²) in [5, 5.41) is 4.99. The molecule has 1 rings (SSSR count). The third kappa shape index (κ3) is 3.82. The minimum atomic E-state index is -0.398. The Bertz CT molecular complexity index is 362. The summed E-state index contributed by atoms with van der Waals surface area (Å²) in [6.45, 7) is 6.78. The molecule has 0 aliphatic rings. The van der Waals surface area contributed by atoms with E-state index < -0.39 is 6.04 Å². The van der Waals surface area contributed by atoms with Crippen LogP contribution in [-0.2, 0) is 17.8 Å². The zero-order valence-electron chi connectivity index (χ0n) is 10.8. The quantitative estimate of drug-likeness (QED) is 0.818. The lowest BCUT2D eigenvalue weighted by Gasteiger charge is -2.17. The fourth-order valence-corrected chi connectivity index (χ4v) is 2.55. The second kappa shape index (κ2) is 6.77. The predicted molar refractivity (Wildman–Crippen MR) is 73.0 cm³/mol. The van der Waals surface area contributed by atoms with Gasteiger partial charge in [0.25, 0.3) is 0 Å². The van der Waals surface area contributed by atoms with E-state index in [0.29, 0.717) is 6.54 Å². The molecule has 2 atom stereocenters. The summed E-state index contributed by atoms with van der Waals surface area (Å²) in [6, 6.07) is 1.71. The molecule has 96 valence electrons. The van der Waals surface area contributed by atoms with Gasteiger partial charge in [0.15, 0.2) is 0 Å². The first-order valence-corrected chi connectivity index (χ1v) is 7.06. The Morgan fingerprint density at radius 3 is 2.82 bits per heavy atom. The van der Waals surface area contributed by atoms with Crippen LogP contribution in [0.1, 0.15) is 37.6 Å². The van der Waals surface area contributed by atoms with Crippen LogP contribution in [0.4, 0.5) is 0 Å². The molecule has 0 saturated carbocycles. The Balaban J connectivity index is 2.48. The standard InChI is InChI=1S/C13H22N2OS/c1-4-9(3)12(14)13(16)15-8-11-10(5-2)6-7-17-11/h6-7,9,12H,4-5,8,14H2,1-3H3,(H,15,16)/t9?,12-/m0/s1. The molecule has 0 aromatic carbocycles. The largest absolute Gasteiger partial charge is 0.350 e. The van der Waals surface area contributed by atoms with E-state index in [-0.39, 0.29) is 11.8 Å². The van der Waals surface area contributed by atoms with Crippen molar-refractivity contribution in [1.29, 1.82) is 0 Å². The zero-order valence-corrected chi connectivity index (χ0v) is 11.6. The highest BCUT2D eigenvalue weighted by atomic mass is 32.1. The topological polar surface area (TPSA) is 55.1 Å². The van der Waals surface area contributed by atoms with Crippen molar-refractivity contribution in [3.05, 3.63) is 21.9 Å². The molecule has 4 heteroatoms. The van der Waals surface area contributed by atoms with Gasteiger partial charge in [-0.1, -0.05) is 27.2 Å². The van der Waals surface area contributed by atoms with Crippen molar-refractivity contribution >= 4 is 17.2 Å². The highest BCUT2D eigenvalue weighted by Crippen LogP contribution is 2.17. The normalized spacial score (nSPS) is 14.4. The van der Waals surface area contributed by atoms with Gasteiger partial charge in [0, 0.05) is 4.88 Å². The van der Waals surface area contributed by atoms with Crippen LogP contribution < -0.4 is 11.1 Å². The monoisotopic (exact) mass is 254 g/mol. The predicted octanol–water partition coefficient (Wildman–Crippen LogP) is 2.30. The van der Waals surface area contributed by atoms with Crippen LogP contribution in [0, 0.1) is 5.92 Å². The fraction of sp³-hybridized carbons (Fsp3) is 0.615. The molecule has 0 bridgehead atoms. The SMILES string of the molecule is CCc1ccsc1CNC(=O)[C@@H](N)C(C)CC. The third-order valence-corrected chi connectivity index (χ3v) is 4.16. The molecule has 1 aromatic rings. The molecule has 0 radical (unpaired) electrons. The lowest BCUT2D eigenvalue weighted by molar-refractivity contribution is -0.123. The summed E-state index contributed by atoms with van der Waals surface area (Å²) in [5.74, 6) is 0.179. The molecule has 1 unspecified atom stereocenters. The maximum atomic E-state index is 11.8. The summed E-state index contributed by atoms with van der Waals surface area (Å²) in [6.07, 6.45) is 1.93. The van der Waals surface area contributed by atoms with Crippen LogP contribution in [0.15, 0.2) is 11.4 Å². The molecule has 0 aliphatic carbocycles.